The van der Waals surface area contributed by atoms with Gasteiger partial charge in [-0.25, -0.2) is 0 Å². The number of benzene rings is 2. The van der Waals surface area contributed by atoms with Gasteiger partial charge in [-0.1, -0.05) is 60.7 Å². The molecule has 0 amide bonds. The molecule has 2 unspecified atom stereocenters. The number of nitriles is 2. The van der Waals surface area contributed by atoms with Crippen LogP contribution in [0.1, 0.15) is 21.8 Å². The second-order valence-electron chi connectivity index (χ2n) is 5.19. The van der Waals surface area contributed by atoms with E-state index in [0.29, 0.717) is 5.56 Å². The van der Waals surface area contributed by atoms with Crippen molar-refractivity contribution >= 4 is 5.78 Å². The second-order valence-corrected chi connectivity index (χ2v) is 5.19. The van der Waals surface area contributed by atoms with Gasteiger partial charge in [0.05, 0.1) is 18.1 Å². The minimum Gasteiger partial charge on any atom is -0.294 e. The van der Waals surface area contributed by atoms with Gasteiger partial charge in [0, 0.05) is 11.5 Å². The Kier molecular flexibility index (Phi) is 3.05. The van der Waals surface area contributed by atoms with Gasteiger partial charge < -0.3 is 0 Å². The monoisotopic (exact) mass is 272 g/mol. The quantitative estimate of drug-likeness (QED) is 0.805. The molecule has 0 bridgehead atoms. The predicted molar refractivity (Wildman–Crippen MR) is 77.1 cm³/mol. The van der Waals surface area contributed by atoms with Crippen LogP contribution >= 0.6 is 0 Å². The zero-order chi connectivity index (χ0) is 14.9. The fourth-order valence-corrected chi connectivity index (χ4v) is 2.95. The molecule has 1 aliphatic rings. The molecule has 3 rings (SSSR count). The van der Waals surface area contributed by atoms with Gasteiger partial charge in [0.15, 0.2) is 11.2 Å². The SMILES string of the molecule is N#CC1(C#N)C(C(=O)c2ccccc2)C1c1ccccc1. The summed E-state index contributed by atoms with van der Waals surface area (Å²) in [5.41, 5.74) is 0.180. The lowest BCUT2D eigenvalue weighted by molar-refractivity contribution is 0.0958. The third-order valence-corrected chi connectivity index (χ3v) is 4.07. The van der Waals surface area contributed by atoms with Gasteiger partial charge in [-0.3, -0.25) is 4.79 Å². The Hall–Kier alpha value is -2.91. The number of carbonyl (C=O) groups excluding carboxylic acids is 1. The van der Waals surface area contributed by atoms with Crippen molar-refractivity contribution in [3.8, 4) is 12.1 Å². The number of rotatable bonds is 3. The Bertz CT molecular complexity index is 739. The molecule has 2 aromatic carbocycles. The van der Waals surface area contributed by atoms with E-state index in [1.165, 1.54) is 0 Å². The van der Waals surface area contributed by atoms with Crippen LogP contribution < -0.4 is 0 Å². The summed E-state index contributed by atoms with van der Waals surface area (Å²) in [5, 5.41) is 18.9. The van der Waals surface area contributed by atoms with E-state index in [-0.39, 0.29) is 11.7 Å². The van der Waals surface area contributed by atoms with Crippen LogP contribution in [0.4, 0.5) is 0 Å². The van der Waals surface area contributed by atoms with E-state index in [1.807, 2.05) is 36.4 Å². The lowest BCUT2D eigenvalue weighted by Gasteiger charge is -1.99. The Morgan fingerprint density at radius 1 is 0.905 bits per heavy atom. The minimum atomic E-state index is -1.24. The van der Waals surface area contributed by atoms with E-state index in [0.717, 1.165) is 5.56 Å². The van der Waals surface area contributed by atoms with Crippen LogP contribution in [-0.4, -0.2) is 5.78 Å². The van der Waals surface area contributed by atoms with E-state index in [2.05, 4.69) is 12.1 Å². The van der Waals surface area contributed by atoms with Crippen LogP contribution in [0.5, 0.6) is 0 Å². The first kappa shape index (κ1) is 13.1. The predicted octanol–water partition coefficient (Wildman–Crippen LogP) is 3.32. The number of ketones is 1. The molecule has 100 valence electrons. The van der Waals surface area contributed by atoms with Crippen molar-refractivity contribution in [2.45, 2.75) is 5.92 Å². The van der Waals surface area contributed by atoms with Gasteiger partial charge in [-0.15, -0.1) is 0 Å². The van der Waals surface area contributed by atoms with Crippen molar-refractivity contribution < 1.29 is 4.79 Å². The van der Waals surface area contributed by atoms with Gasteiger partial charge in [0.1, 0.15) is 0 Å². The Labute approximate surface area is 123 Å². The highest BCUT2D eigenvalue weighted by molar-refractivity contribution is 6.02. The molecule has 21 heavy (non-hydrogen) atoms. The topological polar surface area (TPSA) is 64.7 Å². The molecule has 3 heteroatoms. The first-order valence-corrected chi connectivity index (χ1v) is 6.71. The number of carbonyl (C=O) groups is 1. The molecular weight excluding hydrogens is 260 g/mol. The maximum Gasteiger partial charge on any atom is 0.169 e. The lowest BCUT2D eigenvalue weighted by Crippen LogP contribution is -2.08. The first-order valence-electron chi connectivity index (χ1n) is 6.71. The molecule has 0 aromatic heterocycles. The largest absolute Gasteiger partial charge is 0.294 e. The van der Waals surface area contributed by atoms with Gasteiger partial charge in [-0.2, -0.15) is 10.5 Å². The summed E-state index contributed by atoms with van der Waals surface area (Å²) in [6.07, 6.45) is 0. The summed E-state index contributed by atoms with van der Waals surface area (Å²) in [7, 11) is 0. The van der Waals surface area contributed by atoms with Crippen molar-refractivity contribution in [3.05, 3.63) is 71.8 Å². The number of hydrogen-bond acceptors (Lipinski definition) is 3. The van der Waals surface area contributed by atoms with Gasteiger partial charge in [0.25, 0.3) is 0 Å². The van der Waals surface area contributed by atoms with Gasteiger partial charge in [-0.05, 0) is 5.56 Å². The number of hydrogen-bond donors (Lipinski definition) is 0. The molecule has 0 aliphatic heterocycles. The second kappa shape index (κ2) is 4.89. The zero-order valence-corrected chi connectivity index (χ0v) is 11.2. The Morgan fingerprint density at radius 3 is 1.95 bits per heavy atom. The number of Topliss-reactive ketones (excluding diaryl/α,β-unsaturated/α-hetero) is 1. The van der Waals surface area contributed by atoms with Crippen LogP contribution in [0, 0.1) is 34.0 Å². The maximum atomic E-state index is 12.6. The molecule has 1 aliphatic carbocycles. The van der Waals surface area contributed by atoms with Gasteiger partial charge >= 0.3 is 0 Å². The summed E-state index contributed by atoms with van der Waals surface area (Å²) >= 11 is 0. The molecule has 0 radical (unpaired) electrons. The van der Waals surface area contributed by atoms with E-state index < -0.39 is 11.3 Å². The molecular formula is C18H12N2O. The summed E-state index contributed by atoms with van der Waals surface area (Å²) < 4.78 is 0. The Morgan fingerprint density at radius 2 is 1.43 bits per heavy atom. The van der Waals surface area contributed by atoms with Crippen LogP contribution in [0.25, 0.3) is 0 Å². The molecule has 3 nitrogen and oxygen atoms in total. The van der Waals surface area contributed by atoms with Crippen LogP contribution in [0.2, 0.25) is 0 Å². The average molecular weight is 272 g/mol. The third-order valence-electron chi connectivity index (χ3n) is 4.07. The highest BCUT2D eigenvalue weighted by Crippen LogP contribution is 2.65. The summed E-state index contributed by atoms with van der Waals surface area (Å²) in [6.45, 7) is 0. The third kappa shape index (κ3) is 1.91. The highest BCUT2D eigenvalue weighted by Gasteiger charge is 2.70. The highest BCUT2D eigenvalue weighted by atomic mass is 16.1. The summed E-state index contributed by atoms with van der Waals surface area (Å²) in [5.74, 6) is -1.06. The van der Waals surface area contributed by atoms with Gasteiger partial charge in [0.2, 0.25) is 0 Å². The molecule has 1 fully saturated rings. The smallest absolute Gasteiger partial charge is 0.169 e. The molecule has 0 heterocycles. The average Bonchev–Trinajstić information content (AvgIpc) is 3.25. The van der Waals surface area contributed by atoms with Crippen molar-refractivity contribution in [2.24, 2.45) is 11.3 Å². The lowest BCUT2D eigenvalue weighted by atomic mass is 10.0. The van der Waals surface area contributed by atoms with E-state index in [9.17, 15) is 15.3 Å². The van der Waals surface area contributed by atoms with Crippen molar-refractivity contribution in [3.63, 3.8) is 0 Å². The maximum absolute atomic E-state index is 12.6. The van der Waals surface area contributed by atoms with Crippen molar-refractivity contribution in [1.29, 1.82) is 10.5 Å². The normalized spacial score (nSPS) is 21.8. The standard InChI is InChI=1S/C18H12N2O/c19-11-18(12-20)15(13-7-3-1-4-8-13)16(18)17(21)14-9-5-2-6-10-14/h1-10,15-16H. The van der Waals surface area contributed by atoms with E-state index in [1.54, 1.807) is 24.3 Å². The number of nitrogens with zero attached hydrogens (tertiary/aromatic N) is 2. The summed E-state index contributed by atoms with van der Waals surface area (Å²) in [4.78, 5) is 12.6. The summed E-state index contributed by atoms with van der Waals surface area (Å²) in [6, 6.07) is 22.3. The molecule has 2 aromatic rings. The van der Waals surface area contributed by atoms with Crippen LogP contribution in [0.3, 0.4) is 0 Å². The van der Waals surface area contributed by atoms with Crippen LogP contribution in [0.15, 0.2) is 60.7 Å². The molecule has 1 saturated carbocycles. The van der Waals surface area contributed by atoms with E-state index in [4.69, 9.17) is 0 Å². The first-order chi connectivity index (χ1) is 10.2. The van der Waals surface area contributed by atoms with Crippen molar-refractivity contribution in [2.75, 3.05) is 0 Å². The molecule has 2 atom stereocenters. The van der Waals surface area contributed by atoms with Crippen LogP contribution in [-0.2, 0) is 0 Å². The Balaban J connectivity index is 2.01. The van der Waals surface area contributed by atoms with Crippen molar-refractivity contribution in [1.82, 2.24) is 0 Å². The fraction of sp³-hybridized carbons (Fsp3) is 0.167. The molecule has 0 saturated heterocycles. The zero-order valence-electron chi connectivity index (χ0n) is 11.2. The van der Waals surface area contributed by atoms with E-state index >= 15 is 0 Å². The molecule has 0 N–H and O–H groups in total. The molecule has 0 spiro atoms. The fourth-order valence-electron chi connectivity index (χ4n) is 2.95. The minimum absolute atomic E-state index is 0.132.